The third-order valence-corrected chi connectivity index (χ3v) is 5.25. The second kappa shape index (κ2) is 9.00. The van der Waals surface area contributed by atoms with Crippen molar-refractivity contribution in [1.82, 2.24) is 4.98 Å². The smallest absolute Gasteiger partial charge is 0.248 e. The number of nitrogens with one attached hydrogen (secondary N) is 2. The summed E-state index contributed by atoms with van der Waals surface area (Å²) in [5.74, 6) is 0.370. The lowest BCUT2D eigenvalue weighted by Gasteiger charge is -2.10. The van der Waals surface area contributed by atoms with E-state index in [4.69, 9.17) is 0 Å². The van der Waals surface area contributed by atoms with Gasteiger partial charge in [0.25, 0.3) is 0 Å². The first-order chi connectivity index (χ1) is 15.0. The summed E-state index contributed by atoms with van der Waals surface area (Å²) in [5, 5.41) is 4.01. The summed E-state index contributed by atoms with van der Waals surface area (Å²) in [7, 11) is 0. The van der Waals surface area contributed by atoms with Crippen LogP contribution >= 0.6 is 0 Å². The maximum Gasteiger partial charge on any atom is 0.248 e. The van der Waals surface area contributed by atoms with Gasteiger partial charge in [-0.25, -0.2) is 0 Å². The molecule has 4 nitrogen and oxygen atoms in total. The maximum atomic E-state index is 12.1. The number of amides is 1. The summed E-state index contributed by atoms with van der Waals surface area (Å²) in [4.78, 5) is 26.9. The fourth-order valence-electron chi connectivity index (χ4n) is 3.83. The van der Waals surface area contributed by atoms with Crippen LogP contribution in [0.5, 0.6) is 0 Å². The number of benzene rings is 3. The maximum absolute atomic E-state index is 12.1. The first kappa shape index (κ1) is 20.6. The lowest BCUT2D eigenvalue weighted by atomic mass is 9.97. The quantitative estimate of drug-likeness (QED) is 0.424. The van der Waals surface area contributed by atoms with E-state index in [1.165, 1.54) is 0 Å². The first-order valence-electron chi connectivity index (χ1n) is 10.6. The molecule has 0 saturated heterocycles. The standard InChI is InChI=1S/C27H26N2O2/c1-18(2)14-26(30)28-23-12-10-20(11-13-23)21-7-5-6-19(15-21)16-22-17-27(31)29-25-9-4-3-8-24(22)25/h3-13,15,17-18H,14,16H2,1-2H3,(H,28,30)(H,29,31). The van der Waals surface area contributed by atoms with Crippen LogP contribution in [0.4, 0.5) is 5.69 Å². The van der Waals surface area contributed by atoms with Crippen LogP contribution in [0.25, 0.3) is 22.0 Å². The summed E-state index contributed by atoms with van der Waals surface area (Å²) >= 11 is 0. The fourth-order valence-corrected chi connectivity index (χ4v) is 3.83. The minimum atomic E-state index is -0.0834. The largest absolute Gasteiger partial charge is 0.326 e. The van der Waals surface area contributed by atoms with E-state index in [2.05, 4.69) is 28.5 Å². The minimum absolute atomic E-state index is 0.0369. The molecule has 0 spiro atoms. The zero-order chi connectivity index (χ0) is 21.8. The van der Waals surface area contributed by atoms with Gasteiger partial charge >= 0.3 is 0 Å². The van der Waals surface area contributed by atoms with Crippen molar-refractivity contribution in [3.05, 3.63) is 100 Å². The molecule has 1 amide bonds. The lowest BCUT2D eigenvalue weighted by Crippen LogP contribution is -2.13. The molecular formula is C27H26N2O2. The van der Waals surface area contributed by atoms with Crippen LogP contribution in [-0.4, -0.2) is 10.9 Å². The van der Waals surface area contributed by atoms with Gasteiger partial charge in [-0.1, -0.05) is 68.4 Å². The Labute approximate surface area is 182 Å². The molecule has 4 rings (SSSR count). The van der Waals surface area contributed by atoms with Crippen LogP contribution in [0, 0.1) is 5.92 Å². The van der Waals surface area contributed by atoms with Crippen molar-refractivity contribution >= 4 is 22.5 Å². The van der Waals surface area contributed by atoms with Gasteiger partial charge in [0.1, 0.15) is 0 Å². The molecule has 0 aliphatic carbocycles. The number of aromatic amines is 1. The van der Waals surface area contributed by atoms with Crippen LogP contribution in [0.3, 0.4) is 0 Å². The number of carbonyl (C=O) groups is 1. The Morgan fingerprint density at radius 1 is 0.903 bits per heavy atom. The lowest BCUT2D eigenvalue weighted by molar-refractivity contribution is -0.116. The number of hydrogen-bond donors (Lipinski definition) is 2. The molecule has 31 heavy (non-hydrogen) atoms. The van der Waals surface area contributed by atoms with Crippen LogP contribution in [0.2, 0.25) is 0 Å². The van der Waals surface area contributed by atoms with Gasteiger partial charge < -0.3 is 10.3 Å². The van der Waals surface area contributed by atoms with Crippen molar-refractivity contribution in [2.75, 3.05) is 5.32 Å². The Bertz CT molecular complexity index is 1270. The second-order valence-corrected chi connectivity index (χ2v) is 8.31. The monoisotopic (exact) mass is 410 g/mol. The predicted octanol–water partition coefficient (Wildman–Crippen LogP) is 5.77. The average Bonchev–Trinajstić information content (AvgIpc) is 2.74. The van der Waals surface area contributed by atoms with Crippen LogP contribution in [0.15, 0.2) is 83.7 Å². The van der Waals surface area contributed by atoms with Gasteiger partial charge in [-0.3, -0.25) is 9.59 Å². The predicted molar refractivity (Wildman–Crippen MR) is 127 cm³/mol. The van der Waals surface area contributed by atoms with Crippen molar-refractivity contribution in [2.24, 2.45) is 5.92 Å². The number of anilines is 1. The second-order valence-electron chi connectivity index (χ2n) is 8.31. The van der Waals surface area contributed by atoms with E-state index in [1.807, 2.05) is 68.4 Å². The Hall–Kier alpha value is -3.66. The number of hydrogen-bond acceptors (Lipinski definition) is 2. The molecule has 0 atom stereocenters. The third kappa shape index (κ3) is 5.10. The molecule has 0 aliphatic rings. The van der Waals surface area contributed by atoms with E-state index < -0.39 is 0 Å². The highest BCUT2D eigenvalue weighted by Gasteiger charge is 2.08. The number of para-hydroxylation sites is 1. The van der Waals surface area contributed by atoms with Crippen LogP contribution < -0.4 is 10.9 Å². The van der Waals surface area contributed by atoms with Gasteiger partial charge in [-0.15, -0.1) is 0 Å². The topological polar surface area (TPSA) is 62.0 Å². The fraction of sp³-hybridized carbons (Fsp3) is 0.185. The number of aromatic nitrogens is 1. The highest BCUT2D eigenvalue weighted by Crippen LogP contribution is 2.25. The molecule has 0 bridgehead atoms. The Kier molecular flexibility index (Phi) is 5.99. The third-order valence-electron chi connectivity index (χ3n) is 5.25. The molecule has 1 aromatic heterocycles. The number of rotatable bonds is 6. The van der Waals surface area contributed by atoms with Crippen molar-refractivity contribution in [3.63, 3.8) is 0 Å². The zero-order valence-electron chi connectivity index (χ0n) is 17.8. The van der Waals surface area contributed by atoms with Crippen LogP contribution in [-0.2, 0) is 11.2 Å². The Morgan fingerprint density at radius 2 is 1.68 bits per heavy atom. The number of fused-ring (bicyclic) bond motifs is 1. The normalized spacial score (nSPS) is 11.1. The average molecular weight is 411 g/mol. The summed E-state index contributed by atoms with van der Waals surface area (Å²) < 4.78 is 0. The molecular weight excluding hydrogens is 384 g/mol. The van der Waals surface area contributed by atoms with Gasteiger partial charge in [0, 0.05) is 29.1 Å². The van der Waals surface area contributed by atoms with Gasteiger partial charge in [0.2, 0.25) is 11.5 Å². The molecule has 4 heteroatoms. The molecule has 0 saturated carbocycles. The summed E-state index contributed by atoms with van der Waals surface area (Å²) in [5.41, 5.74) is 5.92. The molecule has 4 aromatic rings. The van der Waals surface area contributed by atoms with E-state index in [0.29, 0.717) is 18.8 Å². The van der Waals surface area contributed by atoms with E-state index in [0.717, 1.165) is 38.8 Å². The van der Waals surface area contributed by atoms with Gasteiger partial charge in [-0.2, -0.15) is 0 Å². The Morgan fingerprint density at radius 3 is 2.45 bits per heavy atom. The highest BCUT2D eigenvalue weighted by molar-refractivity contribution is 5.91. The molecule has 0 aliphatic heterocycles. The Balaban J connectivity index is 1.55. The van der Waals surface area contributed by atoms with E-state index in [9.17, 15) is 9.59 Å². The van der Waals surface area contributed by atoms with Crippen molar-refractivity contribution in [2.45, 2.75) is 26.7 Å². The van der Waals surface area contributed by atoms with Gasteiger partial charge in [0.15, 0.2) is 0 Å². The SMILES string of the molecule is CC(C)CC(=O)Nc1ccc(-c2cccc(Cc3cc(=O)[nH]c4ccccc34)c2)cc1. The number of carbonyl (C=O) groups excluding carboxylic acids is 1. The first-order valence-corrected chi connectivity index (χ1v) is 10.6. The summed E-state index contributed by atoms with van der Waals surface area (Å²) in [6.07, 6.45) is 1.20. The van der Waals surface area contributed by atoms with Gasteiger partial charge in [-0.05, 0) is 52.8 Å². The number of H-pyrrole nitrogens is 1. The molecule has 156 valence electrons. The van der Waals surface area contributed by atoms with Crippen molar-refractivity contribution < 1.29 is 4.79 Å². The van der Waals surface area contributed by atoms with Gasteiger partial charge in [0.05, 0.1) is 0 Å². The molecule has 2 N–H and O–H groups in total. The molecule has 0 fully saturated rings. The molecule has 3 aromatic carbocycles. The molecule has 1 heterocycles. The van der Waals surface area contributed by atoms with Crippen molar-refractivity contribution in [3.8, 4) is 11.1 Å². The number of pyridine rings is 1. The van der Waals surface area contributed by atoms with Crippen molar-refractivity contribution in [1.29, 1.82) is 0 Å². The summed E-state index contributed by atoms with van der Waals surface area (Å²) in [6, 6.07) is 25.8. The minimum Gasteiger partial charge on any atom is -0.326 e. The van der Waals surface area contributed by atoms with E-state index >= 15 is 0 Å². The van der Waals surface area contributed by atoms with Crippen LogP contribution in [0.1, 0.15) is 31.4 Å². The molecule has 0 radical (unpaired) electrons. The molecule has 0 unspecified atom stereocenters. The summed E-state index contributed by atoms with van der Waals surface area (Å²) in [6.45, 7) is 4.06. The highest BCUT2D eigenvalue weighted by atomic mass is 16.1. The van der Waals surface area contributed by atoms with E-state index in [1.54, 1.807) is 6.07 Å². The van der Waals surface area contributed by atoms with E-state index in [-0.39, 0.29) is 11.5 Å². The zero-order valence-corrected chi connectivity index (χ0v) is 17.8.